The van der Waals surface area contributed by atoms with Gasteiger partial charge in [0, 0.05) is 93.4 Å². The second-order valence-corrected chi connectivity index (χ2v) is 30.5. The van der Waals surface area contributed by atoms with Crippen molar-refractivity contribution in [3.63, 3.8) is 0 Å². The third-order valence-electron chi connectivity index (χ3n) is 14.1. The average Bonchev–Trinajstić information content (AvgIpc) is 0.749. The Kier molecular flexibility index (Phi) is 28.8. The van der Waals surface area contributed by atoms with Crippen LogP contribution in [0.15, 0.2) is 91.7 Å². The summed E-state index contributed by atoms with van der Waals surface area (Å²) in [5.41, 5.74) is 6.01. The van der Waals surface area contributed by atoms with E-state index in [2.05, 4.69) is 73.4 Å². The summed E-state index contributed by atoms with van der Waals surface area (Å²) in [5.74, 6) is -1.80. The molecule has 9 aromatic rings. The minimum atomic E-state index is -1.01. The van der Waals surface area contributed by atoms with Gasteiger partial charge in [-0.15, -0.1) is 0 Å². The normalized spacial score (nSPS) is 11.3. The van der Waals surface area contributed by atoms with Crippen molar-refractivity contribution in [2.45, 2.75) is 111 Å². The number of hydrogen-bond acceptors (Lipinski definition) is 12. The first-order valence-electron chi connectivity index (χ1n) is 28.5. The third kappa shape index (κ3) is 18.5. The van der Waals surface area contributed by atoms with Crippen molar-refractivity contribution in [3.05, 3.63) is 149 Å². The number of anilines is 3. The number of aromatic nitrogens is 3. The molecule has 9 rings (SSSR count). The Bertz CT molecular complexity index is 4510. The Balaban J connectivity index is 0.000000345. The molecule has 93 heavy (non-hydrogen) atoms. The number of esters is 2. The molecule has 0 aliphatic carbocycles. The second-order valence-electron chi connectivity index (χ2n) is 24.9. The summed E-state index contributed by atoms with van der Waals surface area (Å²) in [5, 5.41) is 15.0. The minimum Gasteiger partial charge on any atom is -0.870 e. The molecule has 0 fully saturated rings. The van der Waals surface area contributed by atoms with Gasteiger partial charge in [0.2, 0.25) is 0 Å². The number of rotatable bonds is 11. The Morgan fingerprint density at radius 2 is 0.742 bits per heavy atom. The predicted molar refractivity (Wildman–Crippen MR) is 390 cm³/mol. The van der Waals surface area contributed by atoms with Crippen molar-refractivity contribution in [1.29, 1.82) is 0 Å². The number of carboxylic acids is 1. The molecule has 498 valence electrons. The van der Waals surface area contributed by atoms with E-state index < -0.39 is 11.9 Å². The number of carbonyl (C=O) groups is 3. The monoisotopic (exact) mass is 1520 g/mol. The SMILES string of the molecule is CC(C)(C)Br.CCOC(=O)Cn1c2cc(Br)c(Cl)cc2c(=O)c2ccc(Cl)c(N(C)C)c21.CCOC(=O)Cn1c2cc(C(C)(C)C)c(Cl)cc2c(=O)c2ccc(Cl)c(N(C)C)c21.CN(C)c1c(Cl)ccc2c(=O)c3cc(Cl)c(C(C)(C)C)cc3n(CC(=O)O)c12.O.[Li+].[OH-]. The zero-order chi connectivity index (χ0) is 67.7. The van der Waals surface area contributed by atoms with Gasteiger partial charge in [0.05, 0.1) is 83.5 Å². The fourth-order valence-corrected chi connectivity index (χ4v) is 12.8. The van der Waals surface area contributed by atoms with Crippen LogP contribution in [-0.4, -0.2) is 107 Å². The van der Waals surface area contributed by atoms with Gasteiger partial charge in [0.25, 0.3) is 0 Å². The molecule has 0 radical (unpaired) electrons. The van der Waals surface area contributed by atoms with Gasteiger partial charge in [-0.05, 0) is 125 Å². The summed E-state index contributed by atoms with van der Waals surface area (Å²) in [6.07, 6.45) is 0. The number of halogens is 8. The van der Waals surface area contributed by atoms with E-state index in [9.17, 15) is 33.9 Å². The molecule has 3 aromatic heterocycles. The van der Waals surface area contributed by atoms with Gasteiger partial charge in [0.15, 0.2) is 16.3 Å². The van der Waals surface area contributed by atoms with Crippen LogP contribution in [0, 0.1) is 0 Å². The first-order chi connectivity index (χ1) is 41.7. The van der Waals surface area contributed by atoms with Crippen LogP contribution in [0.2, 0.25) is 30.1 Å². The molecule has 0 spiro atoms. The van der Waals surface area contributed by atoms with Crippen molar-refractivity contribution in [1.82, 2.24) is 13.7 Å². The van der Waals surface area contributed by atoms with Crippen molar-refractivity contribution in [2.24, 2.45) is 0 Å². The fraction of sp³-hybridized carbons (Fsp3) is 0.373. The maximum absolute atomic E-state index is 13.4. The van der Waals surface area contributed by atoms with Crippen molar-refractivity contribution >= 4 is 202 Å². The van der Waals surface area contributed by atoms with Gasteiger partial charge in [-0.25, -0.2) is 0 Å². The standard InChI is InChI=1S/C23H26Cl2N2O3.C21H22Cl2N2O3.C19H17BrCl2N2O3.C4H9Br.Li.2H2O/c1-7-30-19(28)12-27-18-11-15(23(2,3)4)17(25)10-14(18)22(29)13-8-9-16(24)21(20(13)27)26(5)6;1-21(2,3)13-9-16-12(8-15(13)23)20(28)11-6-7-14(22)19(24(4)5)18(11)25(16)10-17(26)27;1-4-27-16(25)9-24-15-8-12(20)14(22)7-11(15)19(26)10-5-6-13(21)18(17(10)24)23(2)3;1-4(2,3)5;;;/h8-11H,7,12H2,1-6H3;6-9H,10H2,1-5H3,(H,26,27);5-8H,4,9H2,1-3H3;1-3H3;;2*1H2/q;;;;+1;;/p-1. The van der Waals surface area contributed by atoms with Gasteiger partial charge >= 0.3 is 36.8 Å². The number of carboxylic acid groups (broad SMARTS) is 1. The van der Waals surface area contributed by atoms with E-state index in [1.807, 2.05) is 89.6 Å². The molecule has 17 nitrogen and oxygen atoms in total. The van der Waals surface area contributed by atoms with Crippen molar-refractivity contribution in [3.8, 4) is 0 Å². The molecule has 6 aromatic carbocycles. The molecule has 4 N–H and O–H groups in total. The number of carbonyl (C=O) groups excluding carboxylic acids is 2. The predicted octanol–water partition coefficient (Wildman–Crippen LogP) is 13.3. The zero-order valence-electron chi connectivity index (χ0n) is 55.3. The second kappa shape index (κ2) is 32.7. The number of alkyl halides is 1. The first kappa shape index (κ1) is 82.0. The quantitative estimate of drug-likeness (QED) is 0.0551. The largest absolute Gasteiger partial charge is 1.00 e. The summed E-state index contributed by atoms with van der Waals surface area (Å²) in [7, 11) is 11.0. The minimum absolute atomic E-state index is 0. The molecule has 0 aliphatic rings. The Morgan fingerprint density at radius 3 is 1.00 bits per heavy atom. The average molecular weight is 1520 g/mol. The van der Waals surface area contributed by atoms with Gasteiger partial charge in [0.1, 0.15) is 19.6 Å². The molecule has 0 saturated carbocycles. The Hall–Kier alpha value is -5.24. The maximum atomic E-state index is 13.4. The van der Waals surface area contributed by atoms with Gasteiger partial charge in [-0.2, -0.15) is 0 Å². The Morgan fingerprint density at radius 1 is 0.473 bits per heavy atom. The number of pyridine rings is 3. The van der Waals surface area contributed by atoms with Crippen molar-refractivity contribution in [2.75, 3.05) is 70.2 Å². The first-order valence-corrected chi connectivity index (χ1v) is 32.4. The number of ether oxygens (including phenoxy) is 2. The van der Waals surface area contributed by atoms with E-state index in [0.29, 0.717) is 121 Å². The third-order valence-corrected chi connectivity index (χ3v) is 16.8. The van der Waals surface area contributed by atoms with Crippen LogP contribution in [0.25, 0.3) is 65.4 Å². The van der Waals surface area contributed by atoms with E-state index in [1.54, 1.807) is 88.5 Å². The molecule has 0 atom stereocenters. The molecular weight excluding hydrogens is 1440 g/mol. The van der Waals surface area contributed by atoms with Crippen LogP contribution in [0.5, 0.6) is 0 Å². The number of hydrogen-bond donors (Lipinski definition) is 1. The molecule has 0 saturated heterocycles. The van der Waals surface area contributed by atoms with E-state index in [-0.39, 0.29) is 95.7 Å². The van der Waals surface area contributed by atoms with E-state index in [4.69, 9.17) is 79.1 Å². The van der Waals surface area contributed by atoms with E-state index in [1.165, 1.54) is 0 Å². The van der Waals surface area contributed by atoms with E-state index >= 15 is 0 Å². The summed E-state index contributed by atoms with van der Waals surface area (Å²) < 4.78 is 16.5. The smallest absolute Gasteiger partial charge is 0.870 e. The van der Waals surface area contributed by atoms with Crippen LogP contribution in [0.1, 0.15) is 87.3 Å². The summed E-state index contributed by atoms with van der Waals surface area (Å²) in [4.78, 5) is 81.7. The fourth-order valence-electron chi connectivity index (χ4n) is 10.4. The molecule has 3 heterocycles. The zero-order valence-corrected chi connectivity index (χ0v) is 63.0. The summed E-state index contributed by atoms with van der Waals surface area (Å²) in [6, 6.07) is 20.4. The van der Waals surface area contributed by atoms with Gasteiger partial charge in [-0.3, -0.25) is 28.8 Å². The van der Waals surface area contributed by atoms with Crippen LogP contribution < -0.4 is 49.8 Å². The molecular formula is C67H77Br2Cl6LiN6O11. The molecule has 0 bridgehead atoms. The van der Waals surface area contributed by atoms with E-state index in [0.717, 1.165) is 11.1 Å². The van der Waals surface area contributed by atoms with Crippen LogP contribution in [0.3, 0.4) is 0 Å². The van der Waals surface area contributed by atoms with Crippen molar-refractivity contribution < 1.29 is 58.8 Å². The molecule has 0 amide bonds. The summed E-state index contributed by atoms with van der Waals surface area (Å²) in [6.45, 7) is 22.2. The number of aliphatic carboxylic acids is 1. The van der Waals surface area contributed by atoms with Gasteiger partial charge < -0.3 is 53.9 Å². The Labute approximate surface area is 599 Å². The number of nitrogens with zero attached hydrogens (tertiary/aromatic N) is 6. The number of fused-ring (bicyclic) bond motifs is 6. The molecule has 26 heteroatoms. The topological polar surface area (TPSA) is 227 Å². The van der Waals surface area contributed by atoms with Crippen LogP contribution in [-0.2, 0) is 54.3 Å². The van der Waals surface area contributed by atoms with Crippen LogP contribution in [0.4, 0.5) is 17.1 Å². The van der Waals surface area contributed by atoms with Gasteiger partial charge in [-0.1, -0.05) is 148 Å². The summed E-state index contributed by atoms with van der Waals surface area (Å²) >= 11 is 45.4. The van der Waals surface area contributed by atoms with Crippen LogP contribution >= 0.6 is 101 Å². The number of benzene rings is 6. The maximum Gasteiger partial charge on any atom is 1.00 e. The molecule has 0 aliphatic heterocycles. The molecule has 0 unspecified atom stereocenters.